The van der Waals surface area contributed by atoms with E-state index in [0.29, 0.717) is 11.3 Å². The molecule has 0 aliphatic rings. The number of carbonyl (C=O) groups excluding carboxylic acids is 1. The van der Waals surface area contributed by atoms with Gasteiger partial charge in [-0.3, -0.25) is 4.79 Å². The molecule has 0 spiro atoms. The van der Waals surface area contributed by atoms with Crippen molar-refractivity contribution >= 4 is 17.7 Å². The third-order valence-corrected chi connectivity index (χ3v) is 3.59. The molecule has 0 atom stereocenters. The summed E-state index contributed by atoms with van der Waals surface area (Å²) in [6, 6.07) is 10.9. The van der Waals surface area contributed by atoms with Crippen LogP contribution < -0.4 is 5.73 Å². The van der Waals surface area contributed by atoms with E-state index in [0.717, 1.165) is 11.0 Å². The summed E-state index contributed by atoms with van der Waals surface area (Å²) in [6.07, 6.45) is 0. The minimum atomic E-state index is -0.647. The molecule has 0 saturated carbocycles. The summed E-state index contributed by atoms with van der Waals surface area (Å²) < 4.78 is 13.7. The maximum atomic E-state index is 13.7. The summed E-state index contributed by atoms with van der Waals surface area (Å²) in [5, 5.41) is 9.32. The van der Waals surface area contributed by atoms with Crippen molar-refractivity contribution in [1.82, 2.24) is 0 Å². The molecule has 1 amide bonds. The van der Waals surface area contributed by atoms with Crippen LogP contribution >= 0.6 is 11.8 Å². The molecule has 0 saturated heterocycles. The van der Waals surface area contributed by atoms with E-state index in [1.807, 2.05) is 6.07 Å². The highest BCUT2D eigenvalue weighted by atomic mass is 32.2. The van der Waals surface area contributed by atoms with Gasteiger partial charge in [-0.1, -0.05) is 12.1 Å². The number of thioether (sulfide) groups is 1. The van der Waals surface area contributed by atoms with Crippen LogP contribution in [0.2, 0.25) is 0 Å². The molecule has 3 N–H and O–H groups in total. The van der Waals surface area contributed by atoms with Gasteiger partial charge in [0.05, 0.1) is 0 Å². The van der Waals surface area contributed by atoms with Gasteiger partial charge in [-0.05, 0) is 35.9 Å². The highest BCUT2D eigenvalue weighted by Gasteiger charge is 2.07. The molecular formula is C14H12FNO2S. The zero-order valence-electron chi connectivity index (χ0n) is 9.97. The van der Waals surface area contributed by atoms with Gasteiger partial charge in [0.15, 0.2) is 0 Å². The molecule has 0 bridgehead atoms. The molecule has 98 valence electrons. The molecule has 0 aromatic heterocycles. The van der Waals surface area contributed by atoms with Gasteiger partial charge in [-0.15, -0.1) is 11.8 Å². The Bertz CT molecular complexity index is 616. The Morgan fingerprint density at radius 3 is 2.68 bits per heavy atom. The minimum absolute atomic E-state index is 0.156. The number of nitrogens with two attached hydrogens (primary N) is 1. The Kier molecular flexibility index (Phi) is 4.06. The van der Waals surface area contributed by atoms with Crippen molar-refractivity contribution in [3.05, 3.63) is 59.4 Å². The van der Waals surface area contributed by atoms with E-state index in [9.17, 15) is 14.3 Å². The van der Waals surface area contributed by atoms with Gasteiger partial charge in [-0.2, -0.15) is 0 Å². The number of aromatic hydroxyl groups is 1. The van der Waals surface area contributed by atoms with Crippen LogP contribution in [0.15, 0.2) is 47.4 Å². The molecule has 3 nitrogen and oxygen atoms in total. The van der Waals surface area contributed by atoms with E-state index in [4.69, 9.17) is 5.73 Å². The number of phenols is 1. The minimum Gasteiger partial charge on any atom is -0.508 e. The number of phenolic OH excluding ortho intramolecular Hbond substituents is 1. The Morgan fingerprint density at radius 1 is 1.26 bits per heavy atom. The smallest absolute Gasteiger partial charge is 0.248 e. The number of hydrogen-bond donors (Lipinski definition) is 2. The first-order valence-corrected chi connectivity index (χ1v) is 6.55. The molecular weight excluding hydrogens is 265 g/mol. The third kappa shape index (κ3) is 3.48. The molecule has 2 aromatic carbocycles. The predicted octanol–water partition coefficient (Wildman–Crippen LogP) is 2.92. The van der Waals surface area contributed by atoms with Gasteiger partial charge >= 0.3 is 0 Å². The zero-order valence-corrected chi connectivity index (χ0v) is 10.8. The van der Waals surface area contributed by atoms with Crippen LogP contribution in [0.3, 0.4) is 0 Å². The summed E-state index contributed by atoms with van der Waals surface area (Å²) in [7, 11) is 0. The number of amides is 1. The van der Waals surface area contributed by atoms with Crippen LogP contribution in [0, 0.1) is 5.82 Å². The summed E-state index contributed by atoms with van der Waals surface area (Å²) in [6.45, 7) is 0. The molecule has 0 heterocycles. The fourth-order valence-corrected chi connectivity index (χ4v) is 2.49. The Morgan fingerprint density at radius 2 is 2.05 bits per heavy atom. The topological polar surface area (TPSA) is 63.3 Å². The van der Waals surface area contributed by atoms with Crippen molar-refractivity contribution in [3.8, 4) is 5.75 Å². The average Bonchev–Trinajstić information content (AvgIpc) is 2.37. The van der Waals surface area contributed by atoms with Crippen LogP contribution in [0.5, 0.6) is 5.75 Å². The first kappa shape index (κ1) is 13.4. The molecule has 0 fully saturated rings. The van der Waals surface area contributed by atoms with E-state index in [2.05, 4.69) is 0 Å². The second-order valence-corrected chi connectivity index (χ2v) is 5.01. The van der Waals surface area contributed by atoms with Gasteiger partial charge in [0.25, 0.3) is 0 Å². The highest BCUT2D eigenvalue weighted by Crippen LogP contribution is 2.26. The lowest BCUT2D eigenvalue weighted by molar-refractivity contribution is 0.1000. The second-order valence-electron chi connectivity index (χ2n) is 3.96. The van der Waals surface area contributed by atoms with Crippen molar-refractivity contribution in [2.75, 3.05) is 0 Å². The largest absolute Gasteiger partial charge is 0.508 e. The highest BCUT2D eigenvalue weighted by molar-refractivity contribution is 7.98. The van der Waals surface area contributed by atoms with Crippen molar-refractivity contribution in [1.29, 1.82) is 0 Å². The van der Waals surface area contributed by atoms with Crippen molar-refractivity contribution in [2.24, 2.45) is 5.73 Å². The summed E-state index contributed by atoms with van der Waals surface area (Å²) in [5.41, 5.74) is 5.72. The zero-order chi connectivity index (χ0) is 13.8. The van der Waals surface area contributed by atoms with Crippen molar-refractivity contribution < 1.29 is 14.3 Å². The molecule has 0 aliphatic heterocycles. The Balaban J connectivity index is 2.10. The maximum absolute atomic E-state index is 13.7. The van der Waals surface area contributed by atoms with E-state index in [-0.39, 0.29) is 11.3 Å². The van der Waals surface area contributed by atoms with E-state index >= 15 is 0 Å². The monoisotopic (exact) mass is 277 g/mol. The number of carbonyl (C=O) groups is 1. The summed E-state index contributed by atoms with van der Waals surface area (Å²) >= 11 is 1.40. The third-order valence-electron chi connectivity index (χ3n) is 2.55. The summed E-state index contributed by atoms with van der Waals surface area (Å²) in [4.78, 5) is 11.7. The van der Waals surface area contributed by atoms with Crippen LogP contribution in [0.1, 0.15) is 15.9 Å². The van der Waals surface area contributed by atoms with Gasteiger partial charge in [0.1, 0.15) is 11.6 Å². The first-order chi connectivity index (χ1) is 9.06. The Labute approximate surface area is 114 Å². The van der Waals surface area contributed by atoms with Crippen molar-refractivity contribution in [3.63, 3.8) is 0 Å². The van der Waals surface area contributed by atoms with Crippen LogP contribution in [0.4, 0.5) is 4.39 Å². The number of benzene rings is 2. The number of halogens is 1. The standard InChI is InChI=1S/C14H12FNO2S/c15-13-6-9(14(16)18)4-5-10(13)8-19-12-3-1-2-11(17)7-12/h1-7,17H,8H2,(H2,16,18). The molecule has 0 aliphatic carbocycles. The predicted molar refractivity (Wildman–Crippen MR) is 72.6 cm³/mol. The number of rotatable bonds is 4. The lowest BCUT2D eigenvalue weighted by Crippen LogP contribution is -2.11. The van der Waals surface area contributed by atoms with Crippen LogP contribution in [-0.2, 0) is 5.75 Å². The molecule has 0 radical (unpaired) electrons. The molecule has 5 heteroatoms. The molecule has 2 rings (SSSR count). The van der Waals surface area contributed by atoms with Gasteiger partial charge in [-0.25, -0.2) is 4.39 Å². The fraction of sp³-hybridized carbons (Fsp3) is 0.0714. The Hall–Kier alpha value is -2.01. The van der Waals surface area contributed by atoms with Gasteiger partial charge in [0, 0.05) is 16.2 Å². The summed E-state index contributed by atoms with van der Waals surface area (Å²) in [5.74, 6) is -0.515. The van der Waals surface area contributed by atoms with Gasteiger partial charge < -0.3 is 10.8 Å². The molecule has 19 heavy (non-hydrogen) atoms. The average molecular weight is 277 g/mol. The normalized spacial score (nSPS) is 10.4. The lowest BCUT2D eigenvalue weighted by atomic mass is 10.1. The molecule has 0 unspecified atom stereocenters. The maximum Gasteiger partial charge on any atom is 0.248 e. The fourth-order valence-electron chi connectivity index (χ4n) is 1.55. The lowest BCUT2D eigenvalue weighted by Gasteiger charge is -2.05. The van der Waals surface area contributed by atoms with E-state index in [1.54, 1.807) is 24.3 Å². The number of primary amides is 1. The van der Waals surface area contributed by atoms with Crippen molar-refractivity contribution in [2.45, 2.75) is 10.6 Å². The van der Waals surface area contributed by atoms with Gasteiger partial charge in [0.2, 0.25) is 5.91 Å². The quantitative estimate of drug-likeness (QED) is 0.845. The molecule has 2 aromatic rings. The SMILES string of the molecule is NC(=O)c1ccc(CSc2cccc(O)c2)c(F)c1. The van der Waals surface area contributed by atoms with E-state index in [1.165, 1.54) is 17.8 Å². The number of hydrogen-bond acceptors (Lipinski definition) is 3. The van der Waals surface area contributed by atoms with Crippen LogP contribution in [0.25, 0.3) is 0 Å². The first-order valence-electron chi connectivity index (χ1n) is 5.56. The second kappa shape index (κ2) is 5.75. The van der Waals surface area contributed by atoms with Crippen LogP contribution in [-0.4, -0.2) is 11.0 Å². The van der Waals surface area contributed by atoms with E-state index < -0.39 is 11.7 Å².